The monoisotopic (exact) mass is 302 g/mol. The predicted molar refractivity (Wildman–Crippen MR) is 57.7 cm³/mol. The SMILES string of the molecule is CCOCC[NH+]1C=CN(C)C1.F[P-](F)(F)(F)(F)F. The molecule has 1 unspecified atom stereocenters. The van der Waals surface area contributed by atoms with Crippen LogP contribution in [0.15, 0.2) is 12.4 Å². The first-order chi connectivity index (χ1) is 7.78. The van der Waals surface area contributed by atoms with Gasteiger partial charge in [-0.2, -0.15) is 0 Å². The maximum absolute atomic E-state index is 10.7. The van der Waals surface area contributed by atoms with Crippen LogP contribution in [0.1, 0.15) is 6.92 Å². The molecule has 0 aliphatic carbocycles. The van der Waals surface area contributed by atoms with Gasteiger partial charge in [0.2, 0.25) is 0 Å². The van der Waals surface area contributed by atoms with Gasteiger partial charge in [0, 0.05) is 13.7 Å². The molecule has 0 fully saturated rings. The summed E-state index contributed by atoms with van der Waals surface area (Å²) in [6.07, 6.45) is 4.29. The van der Waals surface area contributed by atoms with Crippen LogP contribution in [0.25, 0.3) is 0 Å². The molecule has 0 spiro atoms. The summed E-state index contributed by atoms with van der Waals surface area (Å²) in [6, 6.07) is 0. The topological polar surface area (TPSA) is 16.9 Å². The van der Waals surface area contributed by atoms with Crippen LogP contribution in [0.4, 0.5) is 25.2 Å². The van der Waals surface area contributed by atoms with Crippen molar-refractivity contribution in [2.24, 2.45) is 0 Å². The molecule has 0 saturated carbocycles. The van der Waals surface area contributed by atoms with E-state index in [1.807, 2.05) is 6.92 Å². The summed E-state index contributed by atoms with van der Waals surface area (Å²) in [7, 11) is -8.57. The fraction of sp³-hybridized carbons (Fsp3) is 0.750. The van der Waals surface area contributed by atoms with Crippen molar-refractivity contribution in [1.29, 1.82) is 0 Å². The average molecular weight is 302 g/mol. The van der Waals surface area contributed by atoms with Gasteiger partial charge in [0.15, 0.2) is 6.67 Å². The van der Waals surface area contributed by atoms with Crippen molar-refractivity contribution in [2.45, 2.75) is 6.92 Å². The van der Waals surface area contributed by atoms with Gasteiger partial charge in [-0.1, -0.05) is 0 Å². The molecule has 1 aliphatic rings. The Morgan fingerprint density at radius 1 is 1.22 bits per heavy atom. The molecule has 10 heteroatoms. The van der Waals surface area contributed by atoms with Crippen LogP contribution in [0.5, 0.6) is 0 Å². The molecule has 18 heavy (non-hydrogen) atoms. The number of quaternary nitrogens is 1. The molecule has 1 rings (SSSR count). The number of hydrogen-bond acceptors (Lipinski definition) is 2. The van der Waals surface area contributed by atoms with E-state index in [1.54, 1.807) is 0 Å². The molecule has 0 aromatic heterocycles. The minimum absolute atomic E-state index is 0.826. The van der Waals surface area contributed by atoms with Crippen LogP contribution in [0.3, 0.4) is 0 Å². The molecule has 0 radical (unpaired) electrons. The van der Waals surface area contributed by atoms with Crippen molar-refractivity contribution < 1.29 is 34.8 Å². The van der Waals surface area contributed by atoms with Crippen LogP contribution in [-0.2, 0) is 4.74 Å². The Kier molecular flexibility index (Phi) is 5.07. The molecule has 0 saturated heterocycles. The molecule has 0 amide bonds. The predicted octanol–water partition coefficient (Wildman–Crippen LogP) is 2.66. The van der Waals surface area contributed by atoms with Gasteiger partial charge >= 0.3 is 33.0 Å². The number of ether oxygens (including phenoxy) is 1. The van der Waals surface area contributed by atoms with E-state index < -0.39 is 7.81 Å². The molecular weight excluding hydrogens is 285 g/mol. The van der Waals surface area contributed by atoms with E-state index in [2.05, 4.69) is 24.3 Å². The zero-order valence-electron chi connectivity index (χ0n) is 10.1. The summed E-state index contributed by atoms with van der Waals surface area (Å²) in [6.45, 7) is 5.87. The Morgan fingerprint density at radius 3 is 2.06 bits per heavy atom. The van der Waals surface area contributed by atoms with E-state index in [1.165, 1.54) is 4.90 Å². The Labute approximate surface area is 101 Å². The van der Waals surface area contributed by atoms with Gasteiger partial charge < -0.3 is 9.64 Å². The summed E-state index contributed by atoms with van der Waals surface area (Å²) >= 11 is 0. The molecular formula is C8H17F6N2OP. The second kappa shape index (κ2) is 5.22. The van der Waals surface area contributed by atoms with Crippen molar-refractivity contribution in [2.75, 3.05) is 33.5 Å². The van der Waals surface area contributed by atoms with E-state index in [0.717, 1.165) is 26.4 Å². The van der Waals surface area contributed by atoms with E-state index in [4.69, 9.17) is 4.74 Å². The van der Waals surface area contributed by atoms with E-state index >= 15 is 0 Å². The van der Waals surface area contributed by atoms with Crippen LogP contribution >= 0.6 is 7.81 Å². The summed E-state index contributed by atoms with van der Waals surface area (Å²) < 4.78 is 64.5. The molecule has 1 N–H and O–H groups in total. The summed E-state index contributed by atoms with van der Waals surface area (Å²) in [4.78, 5) is 3.65. The molecule has 0 aromatic carbocycles. The normalized spacial score (nSPS) is 23.1. The van der Waals surface area contributed by atoms with Crippen molar-refractivity contribution in [3.63, 3.8) is 0 Å². The zero-order chi connectivity index (χ0) is 14.5. The Hall–Kier alpha value is -0.530. The van der Waals surface area contributed by atoms with Crippen LogP contribution in [0, 0.1) is 0 Å². The average Bonchev–Trinajstić information content (AvgIpc) is 2.46. The van der Waals surface area contributed by atoms with Crippen molar-refractivity contribution in [1.82, 2.24) is 4.90 Å². The van der Waals surface area contributed by atoms with Gasteiger partial charge in [-0.3, -0.25) is 4.90 Å². The second-order valence-corrected chi connectivity index (χ2v) is 5.71. The van der Waals surface area contributed by atoms with Gasteiger partial charge in [0.25, 0.3) is 0 Å². The Balaban J connectivity index is 0.000000360. The summed E-state index contributed by atoms with van der Waals surface area (Å²) in [5, 5.41) is 0. The quantitative estimate of drug-likeness (QED) is 0.488. The molecule has 1 aliphatic heterocycles. The Morgan fingerprint density at radius 2 is 1.72 bits per heavy atom. The molecule has 1 heterocycles. The van der Waals surface area contributed by atoms with Crippen LogP contribution in [0.2, 0.25) is 0 Å². The van der Waals surface area contributed by atoms with Crippen molar-refractivity contribution in [3.8, 4) is 0 Å². The summed E-state index contributed by atoms with van der Waals surface area (Å²) in [5.74, 6) is 0. The zero-order valence-corrected chi connectivity index (χ0v) is 10.9. The maximum atomic E-state index is 9.87. The fourth-order valence-electron chi connectivity index (χ4n) is 1.17. The third-order valence-electron chi connectivity index (χ3n) is 1.79. The van der Waals surface area contributed by atoms with Crippen LogP contribution < -0.4 is 4.90 Å². The molecule has 3 nitrogen and oxygen atoms in total. The number of nitrogens with zero attached hydrogens (tertiary/aromatic N) is 1. The standard InChI is InChI=1S/C8H16N2O.F6P/c1-3-11-7-6-10-5-4-9(2)8-10;1-7(2,3,4,5)6/h4-5H,3,6-8H2,1-2H3;/q;-1/p+1. The van der Waals surface area contributed by atoms with Gasteiger partial charge in [-0.15, -0.1) is 0 Å². The number of nitrogens with one attached hydrogen (secondary N) is 1. The minimum atomic E-state index is -10.7. The molecule has 1 atom stereocenters. The third-order valence-corrected chi connectivity index (χ3v) is 1.79. The van der Waals surface area contributed by atoms with Gasteiger partial charge in [0.1, 0.15) is 12.7 Å². The van der Waals surface area contributed by atoms with E-state index in [9.17, 15) is 25.2 Å². The Bertz CT molecular complexity index is 278. The molecule has 0 aromatic rings. The molecule has 112 valence electrons. The van der Waals surface area contributed by atoms with Crippen molar-refractivity contribution in [3.05, 3.63) is 12.4 Å². The summed E-state index contributed by atoms with van der Waals surface area (Å²) in [5.41, 5.74) is 0. The van der Waals surface area contributed by atoms with Crippen molar-refractivity contribution >= 4 is 7.81 Å². The van der Waals surface area contributed by atoms with E-state index in [-0.39, 0.29) is 0 Å². The second-order valence-electron chi connectivity index (χ2n) is 3.79. The number of halogens is 6. The van der Waals surface area contributed by atoms with Gasteiger partial charge in [-0.05, 0) is 6.92 Å². The van der Waals surface area contributed by atoms with Gasteiger partial charge in [0.05, 0.1) is 12.8 Å². The first-order valence-corrected chi connectivity index (χ1v) is 7.18. The fourth-order valence-corrected chi connectivity index (χ4v) is 1.17. The van der Waals surface area contributed by atoms with Gasteiger partial charge in [-0.25, -0.2) is 0 Å². The van der Waals surface area contributed by atoms with E-state index in [0.29, 0.717) is 0 Å². The third kappa shape index (κ3) is 17.9. The number of hydrogen-bond donors (Lipinski definition) is 1. The molecule has 0 bridgehead atoms. The first kappa shape index (κ1) is 17.5. The first-order valence-electron chi connectivity index (χ1n) is 5.15. The van der Waals surface area contributed by atoms with Crippen LogP contribution in [-0.4, -0.2) is 38.4 Å². The number of rotatable bonds is 4.